The molecule has 1 aromatic carbocycles. The van der Waals surface area contributed by atoms with E-state index in [2.05, 4.69) is 15.3 Å². The minimum atomic E-state index is -0.158. The molecule has 0 spiro atoms. The van der Waals surface area contributed by atoms with Crippen LogP contribution in [0.15, 0.2) is 42.7 Å². The van der Waals surface area contributed by atoms with Gasteiger partial charge in [-0.25, -0.2) is 14.8 Å². The molecule has 7 nitrogen and oxygen atoms in total. The summed E-state index contributed by atoms with van der Waals surface area (Å²) in [4.78, 5) is 22.5. The zero-order chi connectivity index (χ0) is 17.5. The molecule has 1 unspecified atom stereocenters. The van der Waals surface area contributed by atoms with Gasteiger partial charge in [0.05, 0.1) is 18.8 Å². The van der Waals surface area contributed by atoms with Crippen molar-refractivity contribution < 1.29 is 14.3 Å². The van der Waals surface area contributed by atoms with Crippen molar-refractivity contribution in [2.24, 2.45) is 0 Å². The normalized spacial score (nSPS) is 17.0. The molecule has 0 bridgehead atoms. The molecule has 1 fully saturated rings. The Kier molecular flexibility index (Phi) is 5.66. The number of likely N-dealkylation sites (tertiary alicyclic amines) is 1. The molecular weight excluding hydrogens is 320 g/mol. The molecule has 132 valence electrons. The zero-order valence-corrected chi connectivity index (χ0v) is 14.2. The van der Waals surface area contributed by atoms with Crippen LogP contribution in [0.5, 0.6) is 11.8 Å². The van der Waals surface area contributed by atoms with E-state index in [4.69, 9.17) is 9.47 Å². The smallest absolute Gasteiger partial charge is 0.322 e. The van der Waals surface area contributed by atoms with Crippen LogP contribution < -0.4 is 14.8 Å². The second kappa shape index (κ2) is 8.32. The first-order chi connectivity index (χ1) is 12.3. The molecule has 7 heteroatoms. The average molecular weight is 342 g/mol. The molecule has 2 heterocycles. The highest BCUT2D eigenvalue weighted by atomic mass is 16.5. The molecule has 2 amide bonds. The van der Waals surface area contributed by atoms with Gasteiger partial charge < -0.3 is 19.7 Å². The zero-order valence-electron chi connectivity index (χ0n) is 14.2. The van der Waals surface area contributed by atoms with Crippen LogP contribution in [0.4, 0.5) is 10.5 Å². The SMILES string of the molecule is CCOc1ccccc1NC(=O)N1CCCC(Oc2ncccn2)C1. The largest absolute Gasteiger partial charge is 0.492 e. The van der Waals surface area contributed by atoms with Crippen LogP contribution >= 0.6 is 0 Å². The Morgan fingerprint density at radius 2 is 2.08 bits per heavy atom. The van der Waals surface area contributed by atoms with Gasteiger partial charge in [-0.1, -0.05) is 12.1 Å². The Morgan fingerprint density at radius 1 is 1.28 bits per heavy atom. The Balaban J connectivity index is 1.60. The molecular formula is C18H22N4O3. The molecule has 1 N–H and O–H groups in total. The lowest BCUT2D eigenvalue weighted by Crippen LogP contribution is -2.46. The number of ether oxygens (including phenoxy) is 2. The third-order valence-corrected chi connectivity index (χ3v) is 3.91. The summed E-state index contributed by atoms with van der Waals surface area (Å²) in [7, 11) is 0. The third-order valence-electron chi connectivity index (χ3n) is 3.91. The van der Waals surface area contributed by atoms with Crippen LogP contribution in [-0.2, 0) is 0 Å². The summed E-state index contributed by atoms with van der Waals surface area (Å²) in [6.07, 6.45) is 4.92. The van der Waals surface area contributed by atoms with Crippen molar-refractivity contribution in [3.8, 4) is 11.8 Å². The maximum absolute atomic E-state index is 12.6. The van der Waals surface area contributed by atoms with Crippen molar-refractivity contribution in [2.45, 2.75) is 25.9 Å². The summed E-state index contributed by atoms with van der Waals surface area (Å²) in [6.45, 7) is 3.65. The number of nitrogens with zero attached hydrogens (tertiary/aromatic N) is 3. The summed E-state index contributed by atoms with van der Waals surface area (Å²) >= 11 is 0. The fourth-order valence-corrected chi connectivity index (χ4v) is 2.76. The number of aromatic nitrogens is 2. The number of rotatable bonds is 5. The second-order valence-electron chi connectivity index (χ2n) is 5.72. The van der Waals surface area contributed by atoms with Gasteiger partial charge in [-0.2, -0.15) is 0 Å². The van der Waals surface area contributed by atoms with Gasteiger partial charge in [-0.15, -0.1) is 0 Å². The molecule has 3 rings (SSSR count). The van der Waals surface area contributed by atoms with Crippen molar-refractivity contribution >= 4 is 11.7 Å². The standard InChI is InChI=1S/C18H22N4O3/c1-2-24-16-9-4-3-8-15(16)21-18(23)22-12-5-7-14(13-22)25-17-19-10-6-11-20-17/h3-4,6,8-11,14H,2,5,7,12-13H2,1H3,(H,21,23). The fraction of sp³-hybridized carbons (Fsp3) is 0.389. The summed E-state index contributed by atoms with van der Waals surface area (Å²) < 4.78 is 11.3. The molecule has 1 saturated heterocycles. The van der Waals surface area contributed by atoms with E-state index in [1.54, 1.807) is 23.4 Å². The molecule has 0 aliphatic carbocycles. The lowest BCUT2D eigenvalue weighted by Gasteiger charge is -2.32. The predicted molar refractivity (Wildman–Crippen MR) is 93.9 cm³/mol. The van der Waals surface area contributed by atoms with Gasteiger partial charge in [0.15, 0.2) is 0 Å². The van der Waals surface area contributed by atoms with Gasteiger partial charge in [0.2, 0.25) is 0 Å². The number of urea groups is 1. The Bertz CT molecular complexity index is 696. The first-order valence-corrected chi connectivity index (χ1v) is 8.47. The van der Waals surface area contributed by atoms with Crippen molar-refractivity contribution in [3.63, 3.8) is 0 Å². The van der Waals surface area contributed by atoms with Crippen LogP contribution in [-0.4, -0.2) is 46.7 Å². The lowest BCUT2D eigenvalue weighted by atomic mass is 10.1. The third kappa shape index (κ3) is 4.59. The number of amides is 2. The van der Waals surface area contributed by atoms with Gasteiger partial charge in [0.25, 0.3) is 0 Å². The topological polar surface area (TPSA) is 76.6 Å². The first-order valence-electron chi connectivity index (χ1n) is 8.47. The van der Waals surface area contributed by atoms with Crippen LogP contribution in [0.2, 0.25) is 0 Å². The molecule has 1 aliphatic rings. The number of nitrogens with one attached hydrogen (secondary N) is 1. The van der Waals surface area contributed by atoms with Gasteiger partial charge in [-0.3, -0.25) is 0 Å². The summed E-state index contributed by atoms with van der Waals surface area (Å²) in [5.41, 5.74) is 0.670. The molecule has 0 saturated carbocycles. The highest BCUT2D eigenvalue weighted by Crippen LogP contribution is 2.24. The van der Waals surface area contributed by atoms with Crippen LogP contribution in [0.3, 0.4) is 0 Å². The maximum atomic E-state index is 12.6. The van der Waals surface area contributed by atoms with Crippen molar-refractivity contribution in [2.75, 3.05) is 25.0 Å². The Morgan fingerprint density at radius 3 is 2.88 bits per heavy atom. The minimum absolute atomic E-state index is 0.107. The second-order valence-corrected chi connectivity index (χ2v) is 5.72. The van der Waals surface area contributed by atoms with E-state index in [0.29, 0.717) is 37.1 Å². The molecule has 2 aromatic rings. The Labute approximate surface area is 147 Å². The average Bonchev–Trinajstić information content (AvgIpc) is 2.64. The quantitative estimate of drug-likeness (QED) is 0.904. The highest BCUT2D eigenvalue weighted by Gasteiger charge is 2.26. The van der Waals surface area contributed by atoms with Crippen molar-refractivity contribution in [1.29, 1.82) is 0 Å². The van der Waals surface area contributed by atoms with E-state index in [1.165, 1.54) is 0 Å². The van der Waals surface area contributed by atoms with Gasteiger partial charge in [0, 0.05) is 18.9 Å². The number of para-hydroxylation sites is 2. The summed E-state index contributed by atoms with van der Waals surface area (Å²) in [6, 6.07) is 9.35. The summed E-state index contributed by atoms with van der Waals surface area (Å²) in [5, 5.41) is 2.92. The van der Waals surface area contributed by atoms with E-state index in [0.717, 1.165) is 12.8 Å². The van der Waals surface area contributed by atoms with E-state index < -0.39 is 0 Å². The number of carbonyl (C=O) groups is 1. The van der Waals surface area contributed by atoms with Gasteiger partial charge >= 0.3 is 12.0 Å². The van der Waals surface area contributed by atoms with Crippen LogP contribution in [0, 0.1) is 0 Å². The first kappa shape index (κ1) is 17.0. The van der Waals surface area contributed by atoms with Gasteiger partial charge in [0.1, 0.15) is 11.9 Å². The monoisotopic (exact) mass is 342 g/mol. The highest BCUT2D eigenvalue weighted by molar-refractivity contribution is 5.91. The van der Waals surface area contributed by atoms with Crippen LogP contribution in [0.25, 0.3) is 0 Å². The van der Waals surface area contributed by atoms with Crippen LogP contribution in [0.1, 0.15) is 19.8 Å². The Hall–Kier alpha value is -2.83. The fourth-order valence-electron chi connectivity index (χ4n) is 2.76. The van der Waals surface area contributed by atoms with Crippen molar-refractivity contribution in [1.82, 2.24) is 14.9 Å². The lowest BCUT2D eigenvalue weighted by molar-refractivity contribution is 0.0983. The summed E-state index contributed by atoms with van der Waals surface area (Å²) in [5.74, 6) is 0.667. The minimum Gasteiger partial charge on any atom is -0.492 e. The number of hydrogen-bond acceptors (Lipinski definition) is 5. The van der Waals surface area contributed by atoms with E-state index >= 15 is 0 Å². The number of piperidine rings is 1. The molecule has 1 aliphatic heterocycles. The van der Waals surface area contributed by atoms with Gasteiger partial charge in [-0.05, 0) is 38.0 Å². The number of anilines is 1. The van der Waals surface area contributed by atoms with E-state index in [1.807, 2.05) is 31.2 Å². The maximum Gasteiger partial charge on any atom is 0.322 e. The molecule has 1 aromatic heterocycles. The molecule has 25 heavy (non-hydrogen) atoms. The number of benzene rings is 1. The molecule has 1 atom stereocenters. The number of hydrogen-bond donors (Lipinski definition) is 1. The predicted octanol–water partition coefficient (Wildman–Crippen LogP) is 2.95. The van der Waals surface area contributed by atoms with Crippen molar-refractivity contribution in [3.05, 3.63) is 42.7 Å². The van der Waals surface area contributed by atoms with E-state index in [-0.39, 0.29) is 12.1 Å². The number of carbonyl (C=O) groups excluding carboxylic acids is 1. The van der Waals surface area contributed by atoms with E-state index in [9.17, 15) is 4.79 Å². The molecule has 0 radical (unpaired) electrons.